The summed E-state index contributed by atoms with van der Waals surface area (Å²) in [4.78, 5) is 32.2. The Hall–Kier alpha value is -2.92. The van der Waals surface area contributed by atoms with Crippen molar-refractivity contribution in [1.29, 1.82) is 0 Å². The minimum absolute atomic E-state index is 0.100. The monoisotopic (exact) mass is 365 g/mol. The van der Waals surface area contributed by atoms with Crippen LogP contribution in [0.1, 0.15) is 18.3 Å². The van der Waals surface area contributed by atoms with Gasteiger partial charge in [-0.3, -0.25) is 14.6 Å². The third kappa shape index (κ3) is 2.72. The van der Waals surface area contributed by atoms with Crippen LogP contribution in [0.2, 0.25) is 0 Å². The number of esters is 1. The molecular formula is C14H11N3O7S. The van der Waals surface area contributed by atoms with Crippen molar-refractivity contribution in [3.8, 4) is 0 Å². The molecule has 25 heavy (non-hydrogen) atoms. The molecule has 1 unspecified atom stereocenters. The SMILES string of the molecule is CCOC(=O)C1=CSC(O)(c2ccc([N+](=O)[O-])cc2)c2noc(=O)n21. The first kappa shape index (κ1) is 16.9. The molecule has 2 heterocycles. The predicted molar refractivity (Wildman–Crippen MR) is 85.4 cm³/mol. The number of thioether (sulfide) groups is 1. The van der Waals surface area contributed by atoms with Crippen LogP contribution in [0.15, 0.2) is 39.0 Å². The Morgan fingerprint density at radius 2 is 2.16 bits per heavy atom. The van der Waals surface area contributed by atoms with Gasteiger partial charge in [-0.1, -0.05) is 16.9 Å². The maximum Gasteiger partial charge on any atom is 0.446 e. The van der Waals surface area contributed by atoms with E-state index in [0.29, 0.717) is 0 Å². The first-order chi connectivity index (χ1) is 11.9. The van der Waals surface area contributed by atoms with Crippen molar-refractivity contribution in [2.45, 2.75) is 11.9 Å². The van der Waals surface area contributed by atoms with E-state index in [1.807, 2.05) is 0 Å². The number of aromatic nitrogens is 2. The summed E-state index contributed by atoms with van der Waals surface area (Å²) >= 11 is 0.792. The molecule has 0 saturated heterocycles. The van der Waals surface area contributed by atoms with E-state index in [2.05, 4.69) is 9.68 Å². The van der Waals surface area contributed by atoms with Crippen molar-refractivity contribution in [2.75, 3.05) is 6.61 Å². The zero-order chi connectivity index (χ0) is 18.2. The van der Waals surface area contributed by atoms with E-state index in [4.69, 9.17) is 4.74 Å². The van der Waals surface area contributed by atoms with Crippen molar-refractivity contribution in [1.82, 2.24) is 9.72 Å². The van der Waals surface area contributed by atoms with E-state index >= 15 is 0 Å². The molecule has 0 saturated carbocycles. The maximum absolute atomic E-state index is 12.0. The number of nitro groups is 1. The molecule has 1 atom stereocenters. The van der Waals surface area contributed by atoms with Gasteiger partial charge in [-0.05, 0) is 19.1 Å². The molecular weight excluding hydrogens is 354 g/mol. The number of carbonyl (C=O) groups excluding carboxylic acids is 1. The lowest BCUT2D eigenvalue weighted by Crippen LogP contribution is -2.34. The number of nitrogens with zero attached hydrogens (tertiary/aromatic N) is 3. The van der Waals surface area contributed by atoms with Gasteiger partial charge < -0.3 is 9.84 Å². The van der Waals surface area contributed by atoms with E-state index in [-0.39, 0.29) is 29.4 Å². The van der Waals surface area contributed by atoms with E-state index in [1.54, 1.807) is 6.92 Å². The van der Waals surface area contributed by atoms with Gasteiger partial charge in [0, 0.05) is 23.1 Å². The fourth-order valence-electron chi connectivity index (χ4n) is 2.27. The second-order valence-corrected chi connectivity index (χ2v) is 5.96. The fourth-order valence-corrected chi connectivity index (χ4v) is 3.26. The summed E-state index contributed by atoms with van der Waals surface area (Å²) in [6.07, 6.45) is 0. The molecule has 11 heteroatoms. The molecule has 0 fully saturated rings. The first-order valence-corrected chi connectivity index (χ1v) is 7.88. The maximum atomic E-state index is 12.0. The number of ether oxygens (including phenoxy) is 1. The van der Waals surface area contributed by atoms with E-state index < -0.39 is 21.6 Å². The molecule has 0 radical (unpaired) electrons. The lowest BCUT2D eigenvalue weighted by molar-refractivity contribution is -0.384. The van der Waals surface area contributed by atoms with E-state index in [0.717, 1.165) is 16.3 Å². The molecule has 1 aromatic carbocycles. The smallest absolute Gasteiger partial charge is 0.446 e. The summed E-state index contributed by atoms with van der Waals surface area (Å²) in [6, 6.07) is 5.08. The highest BCUT2D eigenvalue weighted by Gasteiger charge is 2.44. The number of aliphatic hydroxyl groups is 1. The van der Waals surface area contributed by atoms with Gasteiger partial charge >= 0.3 is 11.7 Å². The van der Waals surface area contributed by atoms with Gasteiger partial charge in [0.25, 0.3) is 5.69 Å². The van der Waals surface area contributed by atoms with Crippen LogP contribution < -0.4 is 5.76 Å². The number of carbonyl (C=O) groups is 1. The number of hydrogen-bond acceptors (Lipinski definition) is 9. The lowest BCUT2D eigenvalue weighted by Gasteiger charge is -2.28. The van der Waals surface area contributed by atoms with Crippen LogP contribution >= 0.6 is 11.8 Å². The number of non-ortho nitro benzene ring substituents is 1. The summed E-state index contributed by atoms with van der Waals surface area (Å²) in [6.45, 7) is 1.71. The van der Waals surface area contributed by atoms with Crippen molar-refractivity contribution >= 4 is 29.1 Å². The minimum Gasteiger partial charge on any atom is -0.461 e. The Bertz CT molecular complexity index is 931. The zero-order valence-corrected chi connectivity index (χ0v) is 13.6. The summed E-state index contributed by atoms with van der Waals surface area (Å²) in [5.74, 6) is -1.97. The molecule has 0 amide bonds. The van der Waals surface area contributed by atoms with E-state index in [1.165, 1.54) is 29.7 Å². The summed E-state index contributed by atoms with van der Waals surface area (Å²) < 4.78 is 10.3. The van der Waals surface area contributed by atoms with Gasteiger partial charge in [-0.15, -0.1) is 0 Å². The van der Waals surface area contributed by atoms with E-state index in [9.17, 15) is 24.8 Å². The number of benzene rings is 1. The van der Waals surface area contributed by atoms with Gasteiger partial charge in [-0.25, -0.2) is 14.2 Å². The second kappa shape index (κ2) is 6.18. The molecule has 130 valence electrons. The van der Waals surface area contributed by atoms with Gasteiger partial charge in [0.2, 0.25) is 10.8 Å². The van der Waals surface area contributed by atoms with Gasteiger partial charge in [-0.2, -0.15) is 0 Å². The number of fused-ring (bicyclic) bond motifs is 1. The van der Waals surface area contributed by atoms with Crippen LogP contribution in [0.25, 0.3) is 5.70 Å². The van der Waals surface area contributed by atoms with Crippen molar-refractivity contribution in [2.24, 2.45) is 0 Å². The number of hydrogen-bond donors (Lipinski definition) is 1. The summed E-state index contributed by atoms with van der Waals surface area (Å²) in [5.41, 5.74) is -0.0718. The second-order valence-electron chi connectivity index (χ2n) is 4.90. The highest BCUT2D eigenvalue weighted by atomic mass is 32.2. The summed E-state index contributed by atoms with van der Waals surface area (Å²) in [7, 11) is 0. The zero-order valence-electron chi connectivity index (χ0n) is 12.7. The number of rotatable bonds is 4. The standard InChI is InChI=1S/C14H11N3O7S/c1-2-23-11(18)10-7-25-14(20,12-15-24-13(19)16(10)12)8-3-5-9(6-4-8)17(21)22/h3-7,20H,2H2,1H3. The first-order valence-electron chi connectivity index (χ1n) is 7.00. The number of nitro benzene ring substituents is 1. The highest BCUT2D eigenvalue weighted by Crippen LogP contribution is 2.44. The molecule has 1 aromatic heterocycles. The molecule has 1 aliphatic rings. The molecule has 1 aliphatic heterocycles. The van der Waals surface area contributed by atoms with Crippen LogP contribution in [-0.2, 0) is 14.5 Å². The average Bonchev–Trinajstić information content (AvgIpc) is 2.99. The lowest BCUT2D eigenvalue weighted by atomic mass is 10.1. The minimum atomic E-state index is -1.86. The average molecular weight is 365 g/mol. The Morgan fingerprint density at radius 1 is 1.48 bits per heavy atom. The summed E-state index contributed by atoms with van der Waals surface area (Å²) in [5, 5.41) is 26.5. The molecule has 1 N–H and O–H groups in total. The van der Waals surface area contributed by atoms with Crippen LogP contribution in [0.3, 0.4) is 0 Å². The Balaban J connectivity index is 2.09. The quantitative estimate of drug-likeness (QED) is 0.478. The molecule has 3 rings (SSSR count). The van der Waals surface area contributed by atoms with Gasteiger partial charge in [0.05, 0.1) is 11.5 Å². The predicted octanol–water partition coefficient (Wildman–Crippen LogP) is 1.05. The van der Waals surface area contributed by atoms with Crippen molar-refractivity contribution in [3.05, 3.63) is 61.7 Å². The third-order valence-electron chi connectivity index (χ3n) is 3.44. The molecule has 10 nitrogen and oxygen atoms in total. The van der Waals surface area contributed by atoms with Crippen LogP contribution in [0.5, 0.6) is 0 Å². The molecule has 0 spiro atoms. The van der Waals surface area contributed by atoms with Gasteiger partial charge in [0.15, 0.2) is 0 Å². The Morgan fingerprint density at radius 3 is 2.76 bits per heavy atom. The van der Waals surface area contributed by atoms with Crippen molar-refractivity contribution in [3.63, 3.8) is 0 Å². The molecule has 0 aliphatic carbocycles. The molecule has 2 aromatic rings. The van der Waals surface area contributed by atoms with Crippen molar-refractivity contribution < 1.29 is 24.1 Å². The van der Waals surface area contributed by atoms with Crippen LogP contribution in [0.4, 0.5) is 5.69 Å². The van der Waals surface area contributed by atoms with Crippen LogP contribution in [0, 0.1) is 10.1 Å². The van der Waals surface area contributed by atoms with Crippen LogP contribution in [-0.4, -0.2) is 32.3 Å². The topological polar surface area (TPSA) is 138 Å². The Labute approximate surface area is 143 Å². The molecule has 0 bridgehead atoms. The fraction of sp³-hybridized carbons (Fsp3) is 0.214. The normalized spacial score (nSPS) is 19.0. The third-order valence-corrected chi connectivity index (χ3v) is 4.54. The highest BCUT2D eigenvalue weighted by molar-refractivity contribution is 8.03. The largest absolute Gasteiger partial charge is 0.461 e. The Kier molecular flexibility index (Phi) is 4.18. The van der Waals surface area contributed by atoms with Gasteiger partial charge in [0.1, 0.15) is 5.70 Å².